The average Bonchev–Trinajstić information content (AvgIpc) is 3.69. The van der Waals surface area contributed by atoms with E-state index in [1.807, 2.05) is 11.8 Å². The maximum Gasteiger partial charge on any atom is 0.226 e. The van der Waals surface area contributed by atoms with Crippen molar-refractivity contribution < 1.29 is 24.8 Å². The van der Waals surface area contributed by atoms with E-state index in [4.69, 9.17) is 9.47 Å². The molecule has 8 N–H and O–H groups in total. The monoisotopic (exact) mass is 594 g/mol. The molecule has 1 aliphatic carbocycles. The Kier molecular flexibility index (Phi) is 8.26. The third-order valence-electron chi connectivity index (χ3n) is 9.84. The second-order valence-corrected chi connectivity index (χ2v) is 14.9. The Morgan fingerprint density at radius 2 is 1.95 bits per heavy atom. The van der Waals surface area contributed by atoms with Gasteiger partial charge in [0.05, 0.1) is 54.3 Å². The topological polar surface area (TPSA) is 144 Å². The molecule has 6 aliphatic heterocycles. The zero-order valence-corrected chi connectivity index (χ0v) is 24.7. The summed E-state index contributed by atoms with van der Waals surface area (Å²) < 4.78 is 12.0. The van der Waals surface area contributed by atoms with Crippen LogP contribution in [-0.2, 0) is 19.1 Å². The Morgan fingerprint density at radius 1 is 1.10 bits per heavy atom. The van der Waals surface area contributed by atoms with Crippen molar-refractivity contribution in [1.82, 2.24) is 31.5 Å². The number of nitrogens with zero attached hydrogens (tertiary/aromatic N) is 1. The van der Waals surface area contributed by atoms with Gasteiger partial charge in [0.1, 0.15) is 11.4 Å². The summed E-state index contributed by atoms with van der Waals surface area (Å²) in [5.41, 5.74) is 4.41. The van der Waals surface area contributed by atoms with Crippen molar-refractivity contribution in [3.05, 3.63) is 12.0 Å². The first kappa shape index (κ1) is 27.8. The summed E-state index contributed by atoms with van der Waals surface area (Å²) in [5.74, 6) is 2.43. The summed E-state index contributed by atoms with van der Waals surface area (Å²) in [5, 5.41) is 18.5. The van der Waals surface area contributed by atoms with E-state index >= 15 is 0 Å². The van der Waals surface area contributed by atoms with Crippen molar-refractivity contribution in [3.63, 3.8) is 0 Å². The van der Waals surface area contributed by atoms with E-state index in [9.17, 15) is 9.59 Å². The zero-order valence-electron chi connectivity index (χ0n) is 23.0. The Bertz CT molecular complexity index is 1000. The van der Waals surface area contributed by atoms with E-state index in [2.05, 4.69) is 37.2 Å². The lowest BCUT2D eigenvalue weighted by atomic mass is 9.84. The van der Waals surface area contributed by atoms with Gasteiger partial charge in [0.2, 0.25) is 5.91 Å². The Balaban J connectivity index is 0.985. The molecule has 7 aliphatic rings. The van der Waals surface area contributed by atoms with Gasteiger partial charge in [-0.1, -0.05) is 6.42 Å². The Labute approximate surface area is 244 Å². The highest BCUT2D eigenvalue weighted by Crippen LogP contribution is 2.44. The molecule has 0 radical (unpaired) electrons. The number of hydrogen-bond donors (Lipinski definition) is 6. The van der Waals surface area contributed by atoms with Crippen molar-refractivity contribution in [1.29, 1.82) is 0 Å². The van der Waals surface area contributed by atoms with Crippen LogP contribution in [0.2, 0.25) is 0 Å². The number of morpholine rings is 1. The molecule has 6 heterocycles. The third kappa shape index (κ3) is 5.52. The molecule has 0 aromatic heterocycles. The largest absolute Gasteiger partial charge is 0.474 e. The van der Waals surface area contributed by atoms with E-state index in [1.165, 1.54) is 25.7 Å². The van der Waals surface area contributed by atoms with Gasteiger partial charge in [-0.05, 0) is 25.2 Å². The van der Waals surface area contributed by atoms with Crippen LogP contribution in [0.3, 0.4) is 0 Å². The molecule has 0 aromatic rings. The molecular formula is C27H44N7O4S2+. The number of amides is 1. The summed E-state index contributed by atoms with van der Waals surface area (Å²) in [7, 11) is 0. The number of nitrogens with one attached hydrogen (secondary N) is 5. The van der Waals surface area contributed by atoms with Crippen LogP contribution in [-0.4, -0.2) is 108 Å². The highest BCUT2D eigenvalue weighted by molar-refractivity contribution is 8.01. The van der Waals surface area contributed by atoms with Crippen LogP contribution in [0, 0.1) is 17.8 Å². The maximum absolute atomic E-state index is 13.0. The minimum atomic E-state index is -0.129. The van der Waals surface area contributed by atoms with Gasteiger partial charge in [-0.25, -0.2) is 0 Å². The standard InChI is InChI=1S/C27H43N7O4S2/c28-16-3-1-2-4-17(16)31-19-9-14-11-29-26(36)22(14)25(32-19)33-20-12-30-27(40-20)15-13-39-24-18(35)10-21(38-23(15)24)34-5-7-37-8-6-34/h10,14-17,19-20,22-25,27,30-33H,1-9,11-13,28H2,(H,29,36)/p+1/t14?,15?,16-,17+,19?,20?,22?,23?,24?,25?,27?/m1/s1. The van der Waals surface area contributed by atoms with Crippen molar-refractivity contribution in [2.75, 3.05) is 45.1 Å². The van der Waals surface area contributed by atoms with Crippen LogP contribution in [0.4, 0.5) is 0 Å². The fourth-order valence-corrected chi connectivity index (χ4v) is 10.7. The van der Waals surface area contributed by atoms with Crippen molar-refractivity contribution in [2.24, 2.45) is 17.8 Å². The van der Waals surface area contributed by atoms with E-state index in [0.717, 1.165) is 38.4 Å². The minimum Gasteiger partial charge on any atom is -0.474 e. The van der Waals surface area contributed by atoms with E-state index in [-0.39, 0.29) is 58.0 Å². The molecule has 0 bridgehead atoms. The number of thioether (sulfide) groups is 2. The van der Waals surface area contributed by atoms with Gasteiger partial charge in [0, 0.05) is 50.3 Å². The summed E-state index contributed by atoms with van der Waals surface area (Å²) in [4.78, 5) is 28.0. The number of piperidine rings is 1. The molecule has 13 heteroatoms. The Morgan fingerprint density at radius 3 is 2.80 bits per heavy atom. The zero-order chi connectivity index (χ0) is 27.2. The molecule has 0 spiro atoms. The lowest BCUT2D eigenvalue weighted by Gasteiger charge is -2.42. The lowest BCUT2D eigenvalue weighted by molar-refractivity contribution is -0.431. The predicted octanol–water partition coefficient (Wildman–Crippen LogP) is -1.41. The first-order valence-corrected chi connectivity index (χ1v) is 17.2. The van der Waals surface area contributed by atoms with Crippen molar-refractivity contribution in [3.8, 4) is 0 Å². The second-order valence-electron chi connectivity index (χ2n) is 12.4. The molecule has 5 saturated heterocycles. The minimum absolute atomic E-state index is 0.0634. The van der Waals surface area contributed by atoms with Crippen LogP contribution in [0.15, 0.2) is 12.0 Å². The van der Waals surface area contributed by atoms with Gasteiger partial charge >= 0.3 is 0 Å². The highest BCUT2D eigenvalue weighted by Gasteiger charge is 2.51. The van der Waals surface area contributed by atoms with E-state index < -0.39 is 0 Å². The number of carbonyl (C=O) groups excluding carboxylic acids is 2. The lowest BCUT2D eigenvalue weighted by Crippen LogP contribution is -2.73. The first-order chi connectivity index (χ1) is 19.5. The van der Waals surface area contributed by atoms with Gasteiger partial charge in [0.25, 0.3) is 0 Å². The molecule has 1 amide bonds. The molecule has 1 saturated carbocycles. The number of hydrogen-bond acceptors (Lipinski definition) is 11. The number of allylic oxidation sites excluding steroid dienone is 1. The predicted molar refractivity (Wildman–Crippen MR) is 154 cm³/mol. The van der Waals surface area contributed by atoms with Crippen molar-refractivity contribution >= 4 is 35.2 Å². The molecule has 9 unspecified atom stereocenters. The molecule has 7 rings (SSSR count). The number of ketones is 1. The smallest absolute Gasteiger partial charge is 0.226 e. The molecular weight excluding hydrogens is 550 g/mol. The fraction of sp³-hybridized carbons (Fsp3) is 0.852. The Hall–Kier alpha value is -1.06. The van der Waals surface area contributed by atoms with Crippen LogP contribution in [0.5, 0.6) is 0 Å². The third-order valence-corrected chi connectivity index (χ3v) is 12.7. The number of carbonyl (C=O) groups is 2. The molecule has 6 fully saturated rings. The van der Waals surface area contributed by atoms with Gasteiger partial charge in [-0.3, -0.25) is 25.5 Å². The van der Waals surface area contributed by atoms with Gasteiger partial charge in [-0.15, -0.1) is 23.5 Å². The number of ether oxygens (including phenoxy) is 2. The molecule has 40 heavy (non-hydrogen) atoms. The summed E-state index contributed by atoms with van der Waals surface area (Å²) in [6.45, 7) is 4.41. The van der Waals surface area contributed by atoms with Gasteiger partial charge < -0.3 is 30.7 Å². The summed E-state index contributed by atoms with van der Waals surface area (Å²) in [6.07, 6.45) is 7.52. The van der Waals surface area contributed by atoms with E-state index in [1.54, 1.807) is 17.8 Å². The SMILES string of the molecule is [NH3+][C@@H]1CCCC[C@@H]1NC1CC2CNC(=O)C2C(NC2CNC(C3CSC4C(=O)C=C(N5CCOCC5)OC43)S2)N1. The number of quaternary nitrogens is 1. The summed E-state index contributed by atoms with van der Waals surface area (Å²) >= 11 is 3.62. The fourth-order valence-electron chi connectivity index (χ4n) is 7.64. The molecule has 11 atom stereocenters. The maximum atomic E-state index is 13.0. The molecule has 0 aromatic carbocycles. The number of fused-ring (bicyclic) bond motifs is 2. The summed E-state index contributed by atoms with van der Waals surface area (Å²) in [6, 6.07) is 0.877. The normalized spacial score (nSPS) is 45.5. The average molecular weight is 595 g/mol. The highest BCUT2D eigenvalue weighted by atomic mass is 32.2. The van der Waals surface area contributed by atoms with Crippen LogP contribution in [0.25, 0.3) is 0 Å². The second kappa shape index (κ2) is 11.9. The van der Waals surface area contributed by atoms with E-state index in [0.29, 0.717) is 37.1 Å². The van der Waals surface area contributed by atoms with Crippen LogP contribution >= 0.6 is 23.5 Å². The van der Waals surface area contributed by atoms with Crippen LogP contribution < -0.4 is 32.3 Å². The quantitative estimate of drug-likeness (QED) is 0.216. The van der Waals surface area contributed by atoms with Gasteiger partial charge in [-0.2, -0.15) is 0 Å². The first-order valence-electron chi connectivity index (χ1n) is 15.2. The number of rotatable bonds is 6. The van der Waals surface area contributed by atoms with Crippen molar-refractivity contribution in [2.45, 2.75) is 78.6 Å². The molecule has 222 valence electrons. The van der Waals surface area contributed by atoms with Gasteiger partial charge in [0.15, 0.2) is 11.7 Å². The molecule has 11 nitrogen and oxygen atoms in total. The van der Waals surface area contributed by atoms with Crippen LogP contribution in [0.1, 0.15) is 32.1 Å².